The van der Waals surface area contributed by atoms with Crippen molar-refractivity contribution in [3.8, 4) is 22.5 Å². The second kappa shape index (κ2) is 6.45. The number of nitrogens with one attached hydrogen (secondary N) is 1. The minimum atomic E-state index is -0.771. The lowest BCUT2D eigenvalue weighted by atomic mass is 10.00. The van der Waals surface area contributed by atoms with Crippen LogP contribution in [0.3, 0.4) is 0 Å². The van der Waals surface area contributed by atoms with Gasteiger partial charge in [0.05, 0.1) is 4.92 Å². The maximum atomic E-state index is 12.2. The number of aryl methyl sites for hydroxylation is 1. The largest absolute Gasteiger partial charge is 0.415 e. The molecule has 0 saturated carbocycles. The fourth-order valence-corrected chi connectivity index (χ4v) is 2.88. The van der Waals surface area contributed by atoms with Crippen LogP contribution in [0.2, 0.25) is 0 Å². The summed E-state index contributed by atoms with van der Waals surface area (Å²) in [6.07, 6.45) is 0.900. The van der Waals surface area contributed by atoms with E-state index in [9.17, 15) is 14.9 Å². The first-order chi connectivity index (χ1) is 13.1. The van der Waals surface area contributed by atoms with Crippen LogP contribution < -0.4 is 5.63 Å². The Kier molecular flexibility index (Phi) is 3.96. The molecule has 0 amide bonds. The molecule has 27 heavy (non-hydrogen) atoms. The lowest BCUT2D eigenvalue weighted by molar-refractivity contribution is -0.383. The summed E-state index contributed by atoms with van der Waals surface area (Å²) in [6, 6.07) is 12.4. The van der Waals surface area contributed by atoms with E-state index in [2.05, 4.69) is 27.5 Å². The molecule has 2 aromatic heterocycles. The maximum absolute atomic E-state index is 12.2. The highest BCUT2D eigenvalue weighted by Gasteiger charge is 2.21. The van der Waals surface area contributed by atoms with Crippen molar-refractivity contribution in [2.45, 2.75) is 13.3 Å². The van der Waals surface area contributed by atoms with Crippen molar-refractivity contribution in [1.82, 2.24) is 20.6 Å². The first kappa shape index (κ1) is 16.6. The van der Waals surface area contributed by atoms with Crippen molar-refractivity contribution in [1.29, 1.82) is 0 Å². The maximum Gasteiger partial charge on any atom is 0.347 e. The number of aromatic amines is 1. The van der Waals surface area contributed by atoms with E-state index in [1.165, 1.54) is 17.7 Å². The molecule has 0 saturated heterocycles. The van der Waals surface area contributed by atoms with E-state index in [4.69, 9.17) is 4.42 Å². The van der Waals surface area contributed by atoms with Gasteiger partial charge in [0.2, 0.25) is 11.4 Å². The number of nitro groups is 1. The molecule has 0 aliphatic carbocycles. The van der Waals surface area contributed by atoms with Crippen LogP contribution in [0.1, 0.15) is 12.5 Å². The van der Waals surface area contributed by atoms with Gasteiger partial charge < -0.3 is 4.42 Å². The first-order valence-corrected chi connectivity index (χ1v) is 8.16. The highest BCUT2D eigenvalue weighted by atomic mass is 16.6. The van der Waals surface area contributed by atoms with Crippen LogP contribution in [0, 0.1) is 10.1 Å². The smallest absolute Gasteiger partial charge is 0.347 e. The summed E-state index contributed by atoms with van der Waals surface area (Å²) in [5.74, 6) is 0.0611. The molecule has 9 heteroatoms. The number of benzene rings is 2. The molecular formula is C18H13N5O4. The highest BCUT2D eigenvalue weighted by Crippen LogP contribution is 2.33. The lowest BCUT2D eigenvalue weighted by Crippen LogP contribution is -2.05. The fourth-order valence-electron chi connectivity index (χ4n) is 2.88. The quantitative estimate of drug-likeness (QED) is 0.335. The van der Waals surface area contributed by atoms with Crippen LogP contribution in [0.25, 0.3) is 33.5 Å². The molecule has 2 aromatic carbocycles. The third-order valence-corrected chi connectivity index (χ3v) is 4.29. The van der Waals surface area contributed by atoms with Crippen LogP contribution >= 0.6 is 0 Å². The Morgan fingerprint density at radius 3 is 2.56 bits per heavy atom. The monoisotopic (exact) mass is 363 g/mol. The summed E-state index contributed by atoms with van der Waals surface area (Å²) in [5, 5.41) is 25.2. The van der Waals surface area contributed by atoms with Gasteiger partial charge in [0.25, 0.3) is 0 Å². The minimum absolute atomic E-state index is 0.0611. The number of non-ortho nitro benzene ring substituents is 1. The van der Waals surface area contributed by atoms with Gasteiger partial charge in [-0.2, -0.15) is 5.21 Å². The van der Waals surface area contributed by atoms with Crippen molar-refractivity contribution in [2.75, 3.05) is 0 Å². The second-order valence-electron chi connectivity index (χ2n) is 5.90. The van der Waals surface area contributed by atoms with Gasteiger partial charge in [-0.1, -0.05) is 31.2 Å². The Morgan fingerprint density at radius 1 is 1.15 bits per heavy atom. The molecule has 0 bridgehead atoms. The summed E-state index contributed by atoms with van der Waals surface area (Å²) in [6.45, 7) is 2.05. The molecule has 2 heterocycles. The Morgan fingerprint density at radius 2 is 1.93 bits per heavy atom. The Bertz CT molecular complexity index is 1200. The number of nitrogens with zero attached hydrogens (tertiary/aromatic N) is 4. The van der Waals surface area contributed by atoms with E-state index in [0.717, 1.165) is 12.0 Å². The molecule has 0 unspecified atom stereocenters. The molecule has 0 atom stereocenters. The van der Waals surface area contributed by atoms with E-state index in [0.29, 0.717) is 10.9 Å². The Balaban J connectivity index is 1.97. The lowest BCUT2D eigenvalue weighted by Gasteiger charge is -2.06. The van der Waals surface area contributed by atoms with Crippen molar-refractivity contribution >= 4 is 16.7 Å². The average molecular weight is 363 g/mol. The number of hydrogen-bond acceptors (Lipinski definition) is 7. The second-order valence-corrected chi connectivity index (χ2v) is 5.90. The van der Waals surface area contributed by atoms with Gasteiger partial charge in [-0.15, -0.1) is 10.2 Å². The molecule has 134 valence electrons. The molecule has 4 aromatic rings. The van der Waals surface area contributed by atoms with Gasteiger partial charge in [-0.05, 0) is 40.5 Å². The molecule has 0 spiro atoms. The number of fused-ring (bicyclic) bond motifs is 1. The van der Waals surface area contributed by atoms with Crippen molar-refractivity contribution in [3.05, 3.63) is 68.6 Å². The van der Waals surface area contributed by atoms with Gasteiger partial charge in [-0.3, -0.25) is 10.1 Å². The van der Waals surface area contributed by atoms with Gasteiger partial charge in [0.1, 0.15) is 5.56 Å². The van der Waals surface area contributed by atoms with Crippen LogP contribution in [-0.2, 0) is 6.42 Å². The number of aromatic nitrogens is 4. The Hall–Kier alpha value is -3.88. The zero-order valence-electron chi connectivity index (χ0n) is 14.2. The summed E-state index contributed by atoms with van der Waals surface area (Å²) in [7, 11) is 0. The van der Waals surface area contributed by atoms with E-state index in [1.54, 1.807) is 6.07 Å². The highest BCUT2D eigenvalue weighted by molar-refractivity contribution is 5.92. The third-order valence-electron chi connectivity index (χ3n) is 4.29. The van der Waals surface area contributed by atoms with Crippen LogP contribution in [0.5, 0.6) is 0 Å². The van der Waals surface area contributed by atoms with Crippen LogP contribution in [0.4, 0.5) is 5.69 Å². The predicted octanol–water partition coefficient (Wildman–Crippen LogP) is 3.11. The number of tetrazole rings is 1. The molecular weight excluding hydrogens is 350 g/mol. The van der Waals surface area contributed by atoms with E-state index in [-0.39, 0.29) is 22.7 Å². The predicted molar refractivity (Wildman–Crippen MR) is 97.1 cm³/mol. The summed E-state index contributed by atoms with van der Waals surface area (Å²) >= 11 is 0. The van der Waals surface area contributed by atoms with E-state index in [1.807, 2.05) is 24.3 Å². The number of rotatable bonds is 4. The summed E-state index contributed by atoms with van der Waals surface area (Å²) < 4.78 is 5.22. The SMILES string of the molecule is CCc1ccc(-c2cc([N+](=O)[O-])c3oc(=O)c(-c4nn[nH]n4)cc3c2)cc1. The molecule has 0 aliphatic rings. The van der Waals surface area contributed by atoms with Crippen molar-refractivity contribution in [3.63, 3.8) is 0 Å². The van der Waals surface area contributed by atoms with Gasteiger partial charge in [-0.25, -0.2) is 4.79 Å². The third kappa shape index (κ3) is 2.95. The number of H-pyrrole nitrogens is 1. The zero-order chi connectivity index (χ0) is 19.0. The summed E-state index contributed by atoms with van der Waals surface area (Å²) in [4.78, 5) is 23.2. The topological polar surface area (TPSA) is 128 Å². The fraction of sp³-hybridized carbons (Fsp3) is 0.111. The molecule has 0 radical (unpaired) electrons. The zero-order valence-corrected chi connectivity index (χ0v) is 14.2. The van der Waals surface area contributed by atoms with E-state index < -0.39 is 10.5 Å². The van der Waals surface area contributed by atoms with Crippen LogP contribution in [-0.4, -0.2) is 25.5 Å². The minimum Gasteiger partial charge on any atom is -0.415 e. The molecule has 9 nitrogen and oxygen atoms in total. The molecule has 4 rings (SSSR count). The van der Waals surface area contributed by atoms with Crippen LogP contribution in [0.15, 0.2) is 51.7 Å². The molecule has 0 fully saturated rings. The normalized spacial score (nSPS) is 11.0. The van der Waals surface area contributed by atoms with E-state index >= 15 is 0 Å². The number of nitro benzene ring substituents is 1. The Labute approximate surface area is 151 Å². The summed E-state index contributed by atoms with van der Waals surface area (Å²) in [5.41, 5.74) is 1.56. The van der Waals surface area contributed by atoms with Crippen molar-refractivity contribution in [2.24, 2.45) is 0 Å². The molecule has 1 N–H and O–H groups in total. The van der Waals surface area contributed by atoms with Crippen molar-refractivity contribution < 1.29 is 9.34 Å². The van der Waals surface area contributed by atoms with Gasteiger partial charge in [0.15, 0.2) is 0 Å². The van der Waals surface area contributed by atoms with Gasteiger partial charge in [0, 0.05) is 11.5 Å². The van der Waals surface area contributed by atoms with Gasteiger partial charge >= 0.3 is 11.3 Å². The first-order valence-electron chi connectivity index (χ1n) is 8.16. The average Bonchev–Trinajstić information content (AvgIpc) is 3.21. The number of hydrogen-bond donors (Lipinski definition) is 1. The standard InChI is InChI=1S/C18H13N5O4/c1-2-10-3-5-11(6-4-10)12-7-13-8-14(17-19-21-22-20-17)18(24)27-16(13)15(9-12)23(25)26/h3-9H,2H2,1H3,(H,19,20,21,22). The molecule has 0 aliphatic heterocycles.